The predicted octanol–water partition coefficient (Wildman–Crippen LogP) is 1.76. The van der Waals surface area contributed by atoms with Crippen molar-refractivity contribution in [1.82, 2.24) is 4.90 Å². The van der Waals surface area contributed by atoms with Gasteiger partial charge in [0.05, 0.1) is 6.04 Å². The Labute approximate surface area is 93.0 Å². The lowest BCUT2D eigenvalue weighted by Crippen LogP contribution is -2.47. The molecule has 0 aromatic heterocycles. The molecule has 0 bridgehead atoms. The van der Waals surface area contributed by atoms with Crippen molar-refractivity contribution in [3.8, 4) is 0 Å². The molecule has 2 atom stereocenters. The van der Waals surface area contributed by atoms with Crippen molar-refractivity contribution in [2.24, 2.45) is 11.7 Å². The molecule has 1 amide bonds. The standard InChI is InChI=1S/C12H24N2O/c1-3-6-11(13)12(15)14-8-5-7-10(4-2)9-14/h10-11H,3-9,13H2,1-2H3/t10?,11-/m1/s1. The Kier molecular flexibility index (Phi) is 5.09. The van der Waals surface area contributed by atoms with Crippen LogP contribution in [0, 0.1) is 5.92 Å². The Morgan fingerprint density at radius 2 is 2.27 bits per heavy atom. The number of carbonyl (C=O) groups excluding carboxylic acids is 1. The fraction of sp³-hybridized carbons (Fsp3) is 0.917. The first-order chi connectivity index (χ1) is 7.19. The molecule has 1 heterocycles. The van der Waals surface area contributed by atoms with E-state index in [1.807, 2.05) is 4.90 Å². The van der Waals surface area contributed by atoms with Crippen LogP contribution >= 0.6 is 0 Å². The minimum atomic E-state index is -0.273. The van der Waals surface area contributed by atoms with Crippen LogP contribution in [0.2, 0.25) is 0 Å². The summed E-state index contributed by atoms with van der Waals surface area (Å²) in [5, 5.41) is 0. The van der Waals surface area contributed by atoms with Crippen molar-refractivity contribution in [2.45, 2.75) is 52.0 Å². The molecular weight excluding hydrogens is 188 g/mol. The van der Waals surface area contributed by atoms with Crippen molar-refractivity contribution >= 4 is 5.91 Å². The maximum atomic E-state index is 12.0. The van der Waals surface area contributed by atoms with E-state index >= 15 is 0 Å². The highest BCUT2D eigenvalue weighted by atomic mass is 16.2. The minimum absolute atomic E-state index is 0.162. The second-order valence-electron chi connectivity index (χ2n) is 4.60. The summed E-state index contributed by atoms with van der Waals surface area (Å²) in [6.07, 6.45) is 5.38. The molecule has 1 aliphatic heterocycles. The number of nitrogens with two attached hydrogens (primary N) is 1. The van der Waals surface area contributed by atoms with Crippen molar-refractivity contribution < 1.29 is 4.79 Å². The van der Waals surface area contributed by atoms with Gasteiger partial charge in [-0.15, -0.1) is 0 Å². The van der Waals surface area contributed by atoms with Crippen LogP contribution in [-0.4, -0.2) is 29.9 Å². The Morgan fingerprint density at radius 3 is 2.87 bits per heavy atom. The Balaban J connectivity index is 2.44. The first kappa shape index (κ1) is 12.5. The monoisotopic (exact) mass is 212 g/mol. The van der Waals surface area contributed by atoms with Crippen molar-refractivity contribution in [3.63, 3.8) is 0 Å². The largest absolute Gasteiger partial charge is 0.341 e. The normalized spacial score (nSPS) is 23.9. The van der Waals surface area contributed by atoms with Crippen LogP contribution in [0.5, 0.6) is 0 Å². The molecule has 0 radical (unpaired) electrons. The van der Waals surface area contributed by atoms with Gasteiger partial charge in [0, 0.05) is 13.1 Å². The summed E-state index contributed by atoms with van der Waals surface area (Å²) < 4.78 is 0. The first-order valence-corrected chi connectivity index (χ1v) is 6.23. The highest BCUT2D eigenvalue weighted by Gasteiger charge is 2.25. The van der Waals surface area contributed by atoms with Crippen LogP contribution in [0.15, 0.2) is 0 Å². The first-order valence-electron chi connectivity index (χ1n) is 6.23. The maximum Gasteiger partial charge on any atom is 0.239 e. The molecule has 0 spiro atoms. The van der Waals surface area contributed by atoms with E-state index in [4.69, 9.17) is 5.73 Å². The molecule has 0 aromatic rings. The lowest BCUT2D eigenvalue weighted by Gasteiger charge is -2.33. The second kappa shape index (κ2) is 6.11. The number of amides is 1. The molecule has 0 saturated carbocycles. The van der Waals surface area contributed by atoms with Crippen LogP contribution in [0.3, 0.4) is 0 Å². The van der Waals surface area contributed by atoms with E-state index in [0.717, 1.165) is 32.4 Å². The van der Waals surface area contributed by atoms with Crippen molar-refractivity contribution in [2.75, 3.05) is 13.1 Å². The number of rotatable bonds is 4. The van der Waals surface area contributed by atoms with Crippen LogP contribution in [0.25, 0.3) is 0 Å². The van der Waals surface area contributed by atoms with Gasteiger partial charge in [-0.1, -0.05) is 26.7 Å². The number of piperidine rings is 1. The zero-order valence-electron chi connectivity index (χ0n) is 10.0. The van der Waals surface area contributed by atoms with Gasteiger partial charge in [0.1, 0.15) is 0 Å². The molecule has 0 aromatic carbocycles. The summed E-state index contributed by atoms with van der Waals surface area (Å²) >= 11 is 0. The fourth-order valence-electron chi connectivity index (χ4n) is 2.27. The molecule has 1 rings (SSSR count). The van der Waals surface area contributed by atoms with Gasteiger partial charge in [-0.3, -0.25) is 4.79 Å². The molecule has 0 aliphatic carbocycles. The predicted molar refractivity (Wildman–Crippen MR) is 62.5 cm³/mol. The Hall–Kier alpha value is -0.570. The van der Waals surface area contributed by atoms with E-state index in [9.17, 15) is 4.79 Å². The summed E-state index contributed by atoms with van der Waals surface area (Å²) in [5.41, 5.74) is 5.85. The Morgan fingerprint density at radius 1 is 1.53 bits per heavy atom. The molecule has 2 N–H and O–H groups in total. The molecule has 88 valence electrons. The van der Waals surface area contributed by atoms with E-state index < -0.39 is 0 Å². The van der Waals surface area contributed by atoms with Gasteiger partial charge in [0.15, 0.2) is 0 Å². The van der Waals surface area contributed by atoms with Gasteiger partial charge in [-0.05, 0) is 25.2 Å². The van der Waals surface area contributed by atoms with E-state index in [1.54, 1.807) is 0 Å². The maximum absolute atomic E-state index is 12.0. The molecule has 1 unspecified atom stereocenters. The quantitative estimate of drug-likeness (QED) is 0.772. The summed E-state index contributed by atoms with van der Waals surface area (Å²) in [7, 11) is 0. The van der Waals surface area contributed by atoms with Gasteiger partial charge < -0.3 is 10.6 Å². The van der Waals surface area contributed by atoms with Gasteiger partial charge >= 0.3 is 0 Å². The third kappa shape index (κ3) is 3.49. The highest BCUT2D eigenvalue weighted by Crippen LogP contribution is 2.19. The Bertz CT molecular complexity index is 206. The lowest BCUT2D eigenvalue weighted by molar-refractivity contribution is -0.134. The number of nitrogens with zero attached hydrogens (tertiary/aromatic N) is 1. The topological polar surface area (TPSA) is 46.3 Å². The molecule has 1 aliphatic rings. The number of likely N-dealkylation sites (tertiary alicyclic amines) is 1. The zero-order chi connectivity index (χ0) is 11.3. The molecule has 3 nitrogen and oxygen atoms in total. The molecule has 15 heavy (non-hydrogen) atoms. The van der Waals surface area contributed by atoms with Crippen LogP contribution in [0.1, 0.15) is 46.0 Å². The van der Waals surface area contributed by atoms with Gasteiger partial charge in [-0.2, -0.15) is 0 Å². The van der Waals surface area contributed by atoms with E-state index in [0.29, 0.717) is 5.92 Å². The third-order valence-electron chi connectivity index (χ3n) is 3.32. The fourth-order valence-corrected chi connectivity index (χ4v) is 2.27. The lowest BCUT2D eigenvalue weighted by atomic mass is 9.95. The van der Waals surface area contributed by atoms with Crippen LogP contribution in [-0.2, 0) is 4.79 Å². The van der Waals surface area contributed by atoms with Crippen LogP contribution < -0.4 is 5.73 Å². The second-order valence-corrected chi connectivity index (χ2v) is 4.60. The van der Waals surface area contributed by atoms with Gasteiger partial charge in [0.25, 0.3) is 0 Å². The number of hydrogen-bond acceptors (Lipinski definition) is 2. The van der Waals surface area contributed by atoms with E-state index in [1.165, 1.54) is 12.8 Å². The molecule has 1 saturated heterocycles. The van der Waals surface area contributed by atoms with Crippen LogP contribution in [0.4, 0.5) is 0 Å². The summed E-state index contributed by atoms with van der Waals surface area (Å²) in [5.74, 6) is 0.853. The summed E-state index contributed by atoms with van der Waals surface area (Å²) in [4.78, 5) is 13.9. The molecule has 1 fully saturated rings. The summed E-state index contributed by atoms with van der Waals surface area (Å²) in [6.45, 7) is 6.10. The minimum Gasteiger partial charge on any atom is -0.341 e. The van der Waals surface area contributed by atoms with Gasteiger partial charge in [0.2, 0.25) is 5.91 Å². The smallest absolute Gasteiger partial charge is 0.239 e. The SMILES string of the molecule is CCC[C@@H](N)C(=O)N1CCCC(CC)C1. The summed E-state index contributed by atoms with van der Waals surface area (Å²) in [6, 6.07) is -0.273. The van der Waals surface area contributed by atoms with Crippen molar-refractivity contribution in [1.29, 1.82) is 0 Å². The molecule has 3 heteroatoms. The number of carbonyl (C=O) groups is 1. The van der Waals surface area contributed by atoms with Gasteiger partial charge in [-0.25, -0.2) is 0 Å². The average molecular weight is 212 g/mol. The zero-order valence-corrected chi connectivity index (χ0v) is 10.0. The average Bonchev–Trinajstić information content (AvgIpc) is 2.28. The third-order valence-corrected chi connectivity index (χ3v) is 3.32. The molecular formula is C12H24N2O. The van der Waals surface area contributed by atoms with E-state index in [-0.39, 0.29) is 11.9 Å². The highest BCUT2D eigenvalue weighted by molar-refractivity contribution is 5.81. The van der Waals surface area contributed by atoms with Crippen molar-refractivity contribution in [3.05, 3.63) is 0 Å². The van der Waals surface area contributed by atoms with E-state index in [2.05, 4.69) is 13.8 Å². The number of hydrogen-bond donors (Lipinski definition) is 1.